The fourth-order valence-electron chi connectivity index (χ4n) is 2.60. The Hall–Kier alpha value is -2.93. The minimum Gasteiger partial charge on any atom is -0.494 e. The van der Waals surface area contributed by atoms with E-state index in [4.69, 9.17) is 9.26 Å². The van der Waals surface area contributed by atoms with Crippen molar-refractivity contribution in [1.82, 2.24) is 20.4 Å². The molecule has 3 heterocycles. The third-order valence-electron chi connectivity index (χ3n) is 4.05. The van der Waals surface area contributed by atoms with Crippen LogP contribution >= 0.6 is 0 Å². The Morgan fingerprint density at radius 1 is 1.24 bits per heavy atom. The minimum atomic E-state index is 0.330. The molecule has 4 rings (SSSR count). The Balaban J connectivity index is 1.57. The van der Waals surface area contributed by atoms with Gasteiger partial charge in [-0.2, -0.15) is 4.98 Å². The van der Waals surface area contributed by atoms with E-state index in [0.717, 1.165) is 35.9 Å². The lowest BCUT2D eigenvalue weighted by Gasteiger charge is -2.23. The molecule has 2 N–H and O–H groups in total. The summed E-state index contributed by atoms with van der Waals surface area (Å²) in [5.74, 6) is 3.06. The highest BCUT2D eigenvalue weighted by molar-refractivity contribution is 5.73. The van der Waals surface area contributed by atoms with Gasteiger partial charge in [0.05, 0.1) is 12.2 Å². The number of pyridine rings is 1. The molecule has 0 aliphatic carbocycles. The van der Waals surface area contributed by atoms with E-state index in [1.54, 1.807) is 6.20 Å². The molecule has 1 aliphatic heterocycles. The van der Waals surface area contributed by atoms with Gasteiger partial charge in [0.2, 0.25) is 0 Å². The first-order valence-corrected chi connectivity index (χ1v) is 8.33. The van der Waals surface area contributed by atoms with Gasteiger partial charge in [0.25, 0.3) is 5.89 Å². The van der Waals surface area contributed by atoms with Crippen LogP contribution in [0.4, 0.5) is 11.5 Å². The summed E-state index contributed by atoms with van der Waals surface area (Å²) in [6.07, 6.45) is 1.73. The Kier molecular flexibility index (Phi) is 4.30. The number of rotatable bonds is 6. The molecule has 7 heteroatoms. The van der Waals surface area contributed by atoms with Crippen LogP contribution in [0.5, 0.6) is 5.75 Å². The van der Waals surface area contributed by atoms with E-state index in [-0.39, 0.29) is 0 Å². The van der Waals surface area contributed by atoms with Crippen molar-refractivity contribution in [2.24, 2.45) is 0 Å². The Morgan fingerprint density at radius 3 is 2.80 bits per heavy atom. The van der Waals surface area contributed by atoms with Crippen molar-refractivity contribution in [1.29, 1.82) is 0 Å². The first-order chi connectivity index (χ1) is 12.3. The highest BCUT2D eigenvalue weighted by Gasteiger charge is 2.25. The zero-order valence-electron chi connectivity index (χ0n) is 13.9. The monoisotopic (exact) mass is 337 g/mol. The second kappa shape index (κ2) is 6.90. The third-order valence-corrected chi connectivity index (χ3v) is 4.05. The van der Waals surface area contributed by atoms with E-state index in [1.807, 2.05) is 43.3 Å². The quantitative estimate of drug-likeness (QED) is 0.715. The number of nitrogens with one attached hydrogen (secondary N) is 2. The molecule has 0 bridgehead atoms. The van der Waals surface area contributed by atoms with Crippen molar-refractivity contribution >= 4 is 11.5 Å². The van der Waals surface area contributed by atoms with Crippen LogP contribution in [0.25, 0.3) is 11.5 Å². The smallest absolute Gasteiger partial charge is 0.261 e. The zero-order chi connectivity index (χ0) is 17.1. The largest absolute Gasteiger partial charge is 0.494 e. The van der Waals surface area contributed by atoms with Crippen molar-refractivity contribution in [3.8, 4) is 17.2 Å². The van der Waals surface area contributed by atoms with E-state index < -0.39 is 0 Å². The molecule has 3 aromatic rings. The molecular weight excluding hydrogens is 318 g/mol. The summed E-state index contributed by atoms with van der Waals surface area (Å²) in [4.78, 5) is 8.94. The number of benzene rings is 1. The average molecular weight is 337 g/mol. The van der Waals surface area contributed by atoms with Gasteiger partial charge in [-0.1, -0.05) is 5.16 Å². The van der Waals surface area contributed by atoms with Gasteiger partial charge in [0.15, 0.2) is 5.82 Å². The van der Waals surface area contributed by atoms with Crippen molar-refractivity contribution < 1.29 is 9.26 Å². The van der Waals surface area contributed by atoms with Gasteiger partial charge < -0.3 is 19.9 Å². The maximum Gasteiger partial charge on any atom is 0.261 e. The summed E-state index contributed by atoms with van der Waals surface area (Å²) in [5, 5.41) is 10.6. The molecule has 1 saturated heterocycles. The van der Waals surface area contributed by atoms with Crippen molar-refractivity contribution in [3.63, 3.8) is 0 Å². The van der Waals surface area contributed by atoms with E-state index in [9.17, 15) is 0 Å². The Labute approximate surface area is 145 Å². The van der Waals surface area contributed by atoms with Gasteiger partial charge in [0.1, 0.15) is 11.6 Å². The molecule has 1 aliphatic rings. The van der Waals surface area contributed by atoms with Crippen molar-refractivity contribution in [3.05, 3.63) is 48.4 Å². The van der Waals surface area contributed by atoms with E-state index in [1.165, 1.54) is 0 Å². The summed E-state index contributed by atoms with van der Waals surface area (Å²) < 4.78 is 10.9. The molecule has 0 amide bonds. The van der Waals surface area contributed by atoms with Gasteiger partial charge in [-0.15, -0.1) is 0 Å². The third kappa shape index (κ3) is 3.32. The average Bonchev–Trinajstić information content (AvgIpc) is 3.05. The van der Waals surface area contributed by atoms with Crippen LogP contribution < -0.4 is 15.4 Å². The molecular formula is C18H19N5O2. The van der Waals surface area contributed by atoms with E-state index in [2.05, 4.69) is 25.8 Å². The highest BCUT2D eigenvalue weighted by atomic mass is 16.5. The first-order valence-electron chi connectivity index (χ1n) is 8.33. The minimum absolute atomic E-state index is 0.330. The molecule has 2 aromatic heterocycles. The lowest BCUT2D eigenvalue weighted by molar-refractivity contribution is 0.340. The van der Waals surface area contributed by atoms with Gasteiger partial charge in [-0.05, 0) is 43.3 Å². The van der Waals surface area contributed by atoms with Crippen LogP contribution in [0.3, 0.4) is 0 Å². The fourth-order valence-corrected chi connectivity index (χ4v) is 2.60. The second-order valence-electron chi connectivity index (χ2n) is 5.79. The number of nitrogens with zero attached hydrogens (tertiary/aromatic N) is 3. The molecule has 1 fully saturated rings. The topological polar surface area (TPSA) is 85.1 Å². The molecule has 0 saturated carbocycles. The summed E-state index contributed by atoms with van der Waals surface area (Å²) in [5.41, 5.74) is 1.69. The summed E-state index contributed by atoms with van der Waals surface area (Å²) in [7, 11) is 0. The Bertz CT molecular complexity index is 843. The molecule has 0 unspecified atom stereocenters. The maximum absolute atomic E-state index is 5.46. The molecule has 0 radical (unpaired) electrons. The number of ether oxygens (including phenoxy) is 1. The van der Waals surface area contributed by atoms with Crippen LogP contribution in [-0.2, 0) is 0 Å². The van der Waals surface area contributed by atoms with Crippen LogP contribution in [0.15, 0.2) is 47.1 Å². The van der Waals surface area contributed by atoms with Gasteiger partial charge >= 0.3 is 0 Å². The fraction of sp³-hybridized carbons (Fsp3) is 0.278. The zero-order valence-corrected chi connectivity index (χ0v) is 13.9. The summed E-state index contributed by atoms with van der Waals surface area (Å²) >= 11 is 0. The normalized spacial score (nSPS) is 14.1. The predicted octanol–water partition coefficient (Wildman–Crippen LogP) is 2.96. The highest BCUT2D eigenvalue weighted by Crippen LogP contribution is 2.29. The van der Waals surface area contributed by atoms with E-state index in [0.29, 0.717) is 24.2 Å². The van der Waals surface area contributed by atoms with E-state index >= 15 is 0 Å². The first kappa shape index (κ1) is 15.6. The van der Waals surface area contributed by atoms with Gasteiger partial charge in [-0.3, -0.25) is 0 Å². The Morgan fingerprint density at radius 2 is 2.08 bits per heavy atom. The lowest BCUT2D eigenvalue weighted by Crippen LogP contribution is -2.40. The van der Waals surface area contributed by atoms with Crippen LogP contribution in [0, 0.1) is 0 Å². The van der Waals surface area contributed by atoms with Crippen molar-refractivity contribution in [2.45, 2.75) is 12.8 Å². The molecule has 1 aromatic carbocycles. The van der Waals surface area contributed by atoms with Crippen LogP contribution in [0.1, 0.15) is 18.7 Å². The standard InChI is InChI=1S/C18H19N5O2/c1-2-24-14-7-5-13(6-8-14)21-17-15(4-3-9-20-17)18-22-16(23-25-18)12-10-19-11-12/h3-9,12,19H,2,10-11H2,1H3,(H,20,21). The summed E-state index contributed by atoms with van der Waals surface area (Å²) in [6.45, 7) is 4.39. The van der Waals surface area contributed by atoms with Gasteiger partial charge in [0, 0.05) is 30.9 Å². The van der Waals surface area contributed by atoms with Crippen LogP contribution in [0.2, 0.25) is 0 Å². The SMILES string of the molecule is CCOc1ccc(Nc2ncccc2-c2nc(C3CNC3)no2)cc1. The summed E-state index contributed by atoms with van der Waals surface area (Å²) in [6, 6.07) is 11.5. The maximum atomic E-state index is 5.46. The second-order valence-corrected chi connectivity index (χ2v) is 5.79. The molecule has 7 nitrogen and oxygen atoms in total. The predicted molar refractivity (Wildman–Crippen MR) is 94.0 cm³/mol. The van der Waals surface area contributed by atoms with Crippen molar-refractivity contribution in [2.75, 3.05) is 25.0 Å². The number of aromatic nitrogens is 3. The number of anilines is 2. The number of hydrogen-bond acceptors (Lipinski definition) is 7. The molecule has 0 spiro atoms. The van der Waals surface area contributed by atoms with Crippen LogP contribution in [-0.4, -0.2) is 34.8 Å². The molecule has 25 heavy (non-hydrogen) atoms. The molecule has 128 valence electrons. The molecule has 0 atom stereocenters. The lowest BCUT2D eigenvalue weighted by atomic mass is 10.0. The number of hydrogen-bond donors (Lipinski definition) is 2. The van der Waals surface area contributed by atoms with Gasteiger partial charge in [-0.25, -0.2) is 4.98 Å².